The highest BCUT2D eigenvalue weighted by molar-refractivity contribution is 6.47. The van der Waals surface area contributed by atoms with E-state index in [1.807, 2.05) is 0 Å². The van der Waals surface area contributed by atoms with Crippen LogP contribution in [0.1, 0.15) is 146 Å². The molecule has 0 unspecified atom stereocenters. The van der Waals surface area contributed by atoms with Crippen LogP contribution in [0.15, 0.2) is 58.5 Å². The maximum Gasteiger partial charge on any atom is 0.0848 e. The number of allylic oxidation sites excluding steroid dienone is 2. The second-order valence-electron chi connectivity index (χ2n) is 13.9. The highest BCUT2D eigenvalue weighted by atomic mass is 15.2. The molecule has 0 amide bonds. The summed E-state index contributed by atoms with van der Waals surface area (Å²) in [6.45, 7) is 30.4. The van der Waals surface area contributed by atoms with Crippen molar-refractivity contribution in [1.29, 1.82) is 0 Å². The molecule has 0 aliphatic heterocycles. The van der Waals surface area contributed by atoms with Crippen molar-refractivity contribution in [1.82, 2.24) is 0 Å². The Morgan fingerprint density at radius 2 is 0.865 bits per heavy atom. The fourth-order valence-corrected chi connectivity index (χ4v) is 7.15. The Kier molecular flexibility index (Phi) is 22.9. The second kappa shape index (κ2) is 26.5. The van der Waals surface area contributed by atoms with E-state index in [1.54, 1.807) is 0 Å². The van der Waals surface area contributed by atoms with Gasteiger partial charge in [-0.05, 0) is 124 Å². The SMILES string of the molecule is CCCCCCCCC=CC(=Nc1ccc(N(CC)CC)c(N(CC)CC)c1)C(CCCCCC)=Nc1ccc(N(CC)CC)c(N(CC)CC)c1. The average molecular weight is 715 g/mol. The topological polar surface area (TPSA) is 37.7 Å². The van der Waals surface area contributed by atoms with Gasteiger partial charge < -0.3 is 19.6 Å². The number of unbranched alkanes of at least 4 members (excludes halogenated alkanes) is 9. The number of hydrogen-bond acceptors (Lipinski definition) is 6. The minimum atomic E-state index is 0.916. The summed E-state index contributed by atoms with van der Waals surface area (Å²) in [6.07, 6.45) is 19.3. The third-order valence-electron chi connectivity index (χ3n) is 10.4. The molecule has 0 atom stereocenters. The maximum atomic E-state index is 5.50. The first-order valence-corrected chi connectivity index (χ1v) is 21.5. The molecule has 0 spiro atoms. The van der Waals surface area contributed by atoms with E-state index < -0.39 is 0 Å². The van der Waals surface area contributed by atoms with E-state index in [-0.39, 0.29) is 0 Å². The van der Waals surface area contributed by atoms with E-state index in [9.17, 15) is 0 Å². The van der Waals surface area contributed by atoms with Crippen LogP contribution in [0.2, 0.25) is 0 Å². The van der Waals surface area contributed by atoms with Gasteiger partial charge in [0.25, 0.3) is 0 Å². The van der Waals surface area contributed by atoms with Crippen LogP contribution in [-0.2, 0) is 0 Å². The highest BCUT2D eigenvalue weighted by Crippen LogP contribution is 2.36. The van der Waals surface area contributed by atoms with Gasteiger partial charge >= 0.3 is 0 Å². The molecule has 2 aromatic rings. The van der Waals surface area contributed by atoms with Crippen molar-refractivity contribution in [3.63, 3.8) is 0 Å². The van der Waals surface area contributed by atoms with E-state index in [0.717, 1.165) is 94.4 Å². The molecule has 0 bridgehead atoms. The zero-order valence-corrected chi connectivity index (χ0v) is 35.4. The molecule has 2 aromatic carbocycles. The minimum Gasteiger partial charge on any atom is -0.370 e. The minimum absolute atomic E-state index is 0.916. The normalized spacial score (nSPS) is 12.2. The summed E-state index contributed by atoms with van der Waals surface area (Å²) in [6, 6.07) is 13.7. The predicted octanol–water partition coefficient (Wildman–Crippen LogP) is 13.2. The predicted molar refractivity (Wildman–Crippen MR) is 237 cm³/mol. The van der Waals surface area contributed by atoms with Gasteiger partial charge in [-0.2, -0.15) is 0 Å². The van der Waals surface area contributed by atoms with Crippen molar-refractivity contribution in [3.05, 3.63) is 48.6 Å². The first-order valence-electron chi connectivity index (χ1n) is 21.5. The lowest BCUT2D eigenvalue weighted by atomic mass is 10.0. The maximum absolute atomic E-state index is 5.50. The lowest BCUT2D eigenvalue weighted by Crippen LogP contribution is -2.28. The van der Waals surface area contributed by atoms with E-state index in [4.69, 9.17) is 9.98 Å². The fraction of sp³-hybridized carbons (Fsp3) is 0.652. The van der Waals surface area contributed by atoms with Gasteiger partial charge in [0.2, 0.25) is 0 Å². The van der Waals surface area contributed by atoms with Crippen LogP contribution >= 0.6 is 0 Å². The zero-order chi connectivity index (χ0) is 38.1. The number of benzene rings is 2. The van der Waals surface area contributed by atoms with Gasteiger partial charge in [0.15, 0.2) is 0 Å². The van der Waals surface area contributed by atoms with Crippen molar-refractivity contribution in [2.45, 2.75) is 146 Å². The van der Waals surface area contributed by atoms with Gasteiger partial charge in [-0.3, -0.25) is 4.99 Å². The van der Waals surface area contributed by atoms with E-state index in [2.05, 4.69) is 137 Å². The number of anilines is 4. The molecule has 0 saturated carbocycles. The van der Waals surface area contributed by atoms with Crippen molar-refractivity contribution in [2.24, 2.45) is 9.98 Å². The second-order valence-corrected chi connectivity index (χ2v) is 13.9. The zero-order valence-electron chi connectivity index (χ0n) is 35.4. The molecule has 0 saturated heterocycles. The largest absolute Gasteiger partial charge is 0.370 e. The summed E-state index contributed by atoms with van der Waals surface area (Å²) in [7, 11) is 0. The summed E-state index contributed by atoms with van der Waals surface area (Å²) in [5.41, 5.74) is 9.23. The van der Waals surface area contributed by atoms with Gasteiger partial charge in [0.05, 0.1) is 45.5 Å². The van der Waals surface area contributed by atoms with Crippen LogP contribution in [0, 0.1) is 0 Å². The van der Waals surface area contributed by atoms with E-state index in [1.165, 1.54) is 80.5 Å². The summed E-state index contributed by atoms with van der Waals surface area (Å²) in [5.74, 6) is 0. The molecule has 0 aliphatic carbocycles. The van der Waals surface area contributed by atoms with Crippen LogP contribution in [0.5, 0.6) is 0 Å². The number of aliphatic imine (C=N–C) groups is 2. The van der Waals surface area contributed by atoms with Crippen LogP contribution in [0.3, 0.4) is 0 Å². The Bertz CT molecular complexity index is 1330. The molecule has 52 heavy (non-hydrogen) atoms. The summed E-state index contributed by atoms with van der Waals surface area (Å²) < 4.78 is 0. The summed E-state index contributed by atoms with van der Waals surface area (Å²) in [4.78, 5) is 20.8. The molecule has 0 N–H and O–H groups in total. The van der Waals surface area contributed by atoms with Crippen molar-refractivity contribution in [3.8, 4) is 0 Å². The van der Waals surface area contributed by atoms with Gasteiger partial charge in [-0.1, -0.05) is 71.3 Å². The number of rotatable bonds is 28. The van der Waals surface area contributed by atoms with Crippen LogP contribution < -0.4 is 19.6 Å². The standard InChI is InChI=1S/C46H78N6/c1-11-21-23-25-26-27-28-30-32-42(48-40-34-36-44(50(15-5)16-6)46(38-40)52(19-9)20-10)41(31-29-24-22-12-2)47-39-33-35-43(49(13-3)14-4)45(37-39)51(17-7)18-8/h30,32-38H,11-29,31H2,1-10H3. The molecular formula is C46H78N6. The van der Waals surface area contributed by atoms with Gasteiger partial charge in [-0.15, -0.1) is 0 Å². The Morgan fingerprint density at radius 3 is 1.33 bits per heavy atom. The molecular weight excluding hydrogens is 637 g/mol. The van der Waals surface area contributed by atoms with Gasteiger partial charge in [0.1, 0.15) is 0 Å². The van der Waals surface area contributed by atoms with Crippen molar-refractivity contribution in [2.75, 3.05) is 72.0 Å². The molecule has 0 heterocycles. The molecule has 0 aromatic heterocycles. The van der Waals surface area contributed by atoms with Crippen molar-refractivity contribution >= 4 is 45.5 Å². The lowest BCUT2D eigenvalue weighted by Gasteiger charge is -2.30. The first kappa shape index (κ1) is 44.9. The molecule has 6 heteroatoms. The van der Waals surface area contributed by atoms with E-state index in [0.29, 0.717) is 0 Å². The van der Waals surface area contributed by atoms with Crippen LogP contribution in [-0.4, -0.2) is 63.8 Å². The number of hydrogen-bond donors (Lipinski definition) is 0. The first-order chi connectivity index (χ1) is 25.4. The Hall–Kier alpha value is -3.28. The quantitative estimate of drug-likeness (QED) is 0.0649. The Balaban J connectivity index is 2.78. The Morgan fingerprint density at radius 1 is 0.462 bits per heavy atom. The van der Waals surface area contributed by atoms with Crippen molar-refractivity contribution < 1.29 is 0 Å². The van der Waals surface area contributed by atoms with Crippen LogP contribution in [0.25, 0.3) is 0 Å². The molecule has 2 rings (SSSR count). The smallest absolute Gasteiger partial charge is 0.0848 e. The van der Waals surface area contributed by atoms with Gasteiger partial charge in [0, 0.05) is 52.4 Å². The summed E-state index contributed by atoms with van der Waals surface area (Å²) >= 11 is 0. The summed E-state index contributed by atoms with van der Waals surface area (Å²) in [5, 5.41) is 0. The molecule has 0 radical (unpaired) electrons. The third kappa shape index (κ3) is 14.3. The fourth-order valence-electron chi connectivity index (χ4n) is 7.15. The number of nitrogens with zero attached hydrogens (tertiary/aromatic N) is 6. The van der Waals surface area contributed by atoms with E-state index >= 15 is 0 Å². The van der Waals surface area contributed by atoms with Crippen LogP contribution in [0.4, 0.5) is 34.1 Å². The molecule has 0 aliphatic rings. The van der Waals surface area contributed by atoms with Gasteiger partial charge in [-0.25, -0.2) is 4.99 Å². The molecule has 292 valence electrons. The lowest BCUT2D eigenvalue weighted by molar-refractivity contribution is 0.611. The average Bonchev–Trinajstić information content (AvgIpc) is 3.16. The molecule has 0 fully saturated rings. The monoisotopic (exact) mass is 715 g/mol. The Labute approximate surface area is 321 Å². The molecule has 6 nitrogen and oxygen atoms in total. The highest BCUT2D eigenvalue weighted by Gasteiger charge is 2.17. The third-order valence-corrected chi connectivity index (χ3v) is 10.4.